The molecule has 1 aromatic carbocycles. The minimum absolute atomic E-state index is 0.0110. The SMILES string of the molecule is CSc1ccc(C(C)NCCSC(F)(F)F)cc1. The highest BCUT2D eigenvalue weighted by molar-refractivity contribution is 8.00. The van der Waals surface area contributed by atoms with Crippen LogP contribution in [0.1, 0.15) is 18.5 Å². The van der Waals surface area contributed by atoms with Crippen molar-refractivity contribution in [2.24, 2.45) is 0 Å². The van der Waals surface area contributed by atoms with E-state index in [0.717, 1.165) is 5.56 Å². The van der Waals surface area contributed by atoms with Gasteiger partial charge in [0, 0.05) is 23.2 Å². The summed E-state index contributed by atoms with van der Waals surface area (Å²) >= 11 is 1.68. The lowest BCUT2D eigenvalue weighted by Gasteiger charge is -2.14. The zero-order valence-electron chi connectivity index (χ0n) is 10.3. The molecular weight excluding hydrogens is 279 g/mol. The summed E-state index contributed by atoms with van der Waals surface area (Å²) in [6.07, 6.45) is 2.01. The molecule has 0 aliphatic heterocycles. The molecule has 1 rings (SSSR count). The summed E-state index contributed by atoms with van der Waals surface area (Å²) in [4.78, 5) is 1.18. The summed E-state index contributed by atoms with van der Waals surface area (Å²) in [6, 6.07) is 8.10. The maximum Gasteiger partial charge on any atom is 0.441 e. The number of halogens is 3. The highest BCUT2D eigenvalue weighted by atomic mass is 32.2. The van der Waals surface area contributed by atoms with Crippen LogP contribution in [0.4, 0.5) is 13.2 Å². The fourth-order valence-electron chi connectivity index (χ4n) is 1.45. The average molecular weight is 295 g/mol. The Bertz CT molecular complexity index is 351. The van der Waals surface area contributed by atoms with E-state index in [2.05, 4.69) is 5.32 Å². The van der Waals surface area contributed by atoms with Crippen molar-refractivity contribution in [1.29, 1.82) is 0 Å². The topological polar surface area (TPSA) is 12.0 Å². The van der Waals surface area contributed by atoms with Gasteiger partial charge >= 0.3 is 5.51 Å². The summed E-state index contributed by atoms with van der Waals surface area (Å²) in [5.74, 6) is 0.0384. The Balaban J connectivity index is 2.33. The van der Waals surface area contributed by atoms with Crippen LogP contribution in [0.5, 0.6) is 0 Å². The van der Waals surface area contributed by atoms with Crippen molar-refractivity contribution in [2.45, 2.75) is 23.4 Å². The number of nitrogens with one attached hydrogen (secondary N) is 1. The van der Waals surface area contributed by atoms with Crippen molar-refractivity contribution >= 4 is 23.5 Å². The van der Waals surface area contributed by atoms with Crippen LogP contribution in [0.25, 0.3) is 0 Å². The molecule has 0 heterocycles. The van der Waals surface area contributed by atoms with Gasteiger partial charge in [-0.1, -0.05) is 12.1 Å². The van der Waals surface area contributed by atoms with Gasteiger partial charge in [0.15, 0.2) is 0 Å². The molecule has 0 bridgehead atoms. The molecule has 0 aromatic heterocycles. The van der Waals surface area contributed by atoms with Crippen molar-refractivity contribution in [3.05, 3.63) is 29.8 Å². The first-order valence-corrected chi connectivity index (χ1v) is 7.71. The second-order valence-electron chi connectivity index (χ2n) is 3.74. The monoisotopic (exact) mass is 295 g/mol. The van der Waals surface area contributed by atoms with Crippen LogP contribution < -0.4 is 5.32 Å². The normalized spacial score (nSPS) is 13.6. The van der Waals surface area contributed by atoms with Crippen molar-refractivity contribution in [1.82, 2.24) is 5.32 Å². The number of alkyl halides is 3. The third kappa shape index (κ3) is 6.02. The summed E-state index contributed by atoms with van der Waals surface area (Å²) in [5.41, 5.74) is -3.05. The largest absolute Gasteiger partial charge is 0.441 e. The van der Waals surface area contributed by atoms with Crippen LogP contribution in [0.3, 0.4) is 0 Å². The van der Waals surface area contributed by atoms with Crippen LogP contribution >= 0.6 is 23.5 Å². The standard InChI is InChI=1S/C12H16F3NS2/c1-9(16-7-8-18-12(13,14)15)10-3-5-11(17-2)6-4-10/h3-6,9,16H,7-8H2,1-2H3. The van der Waals surface area contributed by atoms with E-state index in [4.69, 9.17) is 0 Å². The minimum atomic E-state index is -4.13. The van der Waals surface area contributed by atoms with Gasteiger partial charge in [0.05, 0.1) is 0 Å². The molecule has 0 fully saturated rings. The van der Waals surface area contributed by atoms with Crippen LogP contribution in [-0.2, 0) is 0 Å². The Morgan fingerprint density at radius 2 is 1.83 bits per heavy atom. The van der Waals surface area contributed by atoms with Gasteiger partial charge in [-0.05, 0) is 42.6 Å². The van der Waals surface area contributed by atoms with E-state index in [0.29, 0.717) is 6.54 Å². The third-order valence-electron chi connectivity index (χ3n) is 2.43. The summed E-state index contributed by atoms with van der Waals surface area (Å²) in [6.45, 7) is 2.29. The predicted molar refractivity (Wildman–Crippen MR) is 73.2 cm³/mol. The Labute approximate surface area is 114 Å². The van der Waals surface area contributed by atoms with Crippen molar-refractivity contribution in [3.63, 3.8) is 0 Å². The third-order valence-corrected chi connectivity index (χ3v) is 3.91. The van der Waals surface area contributed by atoms with Crippen molar-refractivity contribution < 1.29 is 13.2 Å². The Hall–Kier alpha value is -0.330. The number of thioether (sulfide) groups is 2. The minimum Gasteiger partial charge on any atom is -0.309 e. The zero-order chi connectivity index (χ0) is 13.6. The summed E-state index contributed by atoms with van der Waals surface area (Å²) in [5, 5.41) is 3.08. The van der Waals surface area contributed by atoms with Gasteiger partial charge in [-0.3, -0.25) is 0 Å². The molecule has 1 nitrogen and oxygen atoms in total. The summed E-state index contributed by atoms with van der Waals surface area (Å²) < 4.78 is 35.8. The second kappa shape index (κ2) is 7.31. The molecular formula is C12H16F3NS2. The zero-order valence-corrected chi connectivity index (χ0v) is 11.9. The van der Waals surface area contributed by atoms with Gasteiger partial charge in [-0.2, -0.15) is 13.2 Å². The first-order valence-electron chi connectivity index (χ1n) is 5.50. The highest BCUT2D eigenvalue weighted by Crippen LogP contribution is 2.29. The van der Waals surface area contributed by atoms with Gasteiger partial charge in [0.1, 0.15) is 0 Å². The first kappa shape index (κ1) is 15.7. The molecule has 0 aliphatic carbocycles. The van der Waals surface area contributed by atoms with Crippen LogP contribution in [0.2, 0.25) is 0 Å². The van der Waals surface area contributed by atoms with Crippen molar-refractivity contribution in [3.8, 4) is 0 Å². The molecule has 0 radical (unpaired) electrons. The lowest BCUT2D eigenvalue weighted by molar-refractivity contribution is -0.0327. The maximum absolute atomic E-state index is 11.9. The second-order valence-corrected chi connectivity index (χ2v) is 5.78. The molecule has 6 heteroatoms. The first-order chi connectivity index (χ1) is 8.42. The van der Waals surface area contributed by atoms with E-state index < -0.39 is 5.51 Å². The lowest BCUT2D eigenvalue weighted by Crippen LogP contribution is -2.22. The lowest BCUT2D eigenvalue weighted by atomic mass is 10.1. The average Bonchev–Trinajstić information content (AvgIpc) is 2.33. The molecule has 1 unspecified atom stereocenters. The fraction of sp³-hybridized carbons (Fsp3) is 0.500. The van der Waals surface area contributed by atoms with Gasteiger partial charge in [0.25, 0.3) is 0 Å². The van der Waals surface area contributed by atoms with E-state index >= 15 is 0 Å². The van der Waals surface area contributed by atoms with E-state index in [1.54, 1.807) is 11.8 Å². The molecule has 0 spiro atoms. The molecule has 1 N–H and O–H groups in total. The molecule has 0 aliphatic rings. The van der Waals surface area contributed by atoms with Gasteiger partial charge in [-0.15, -0.1) is 11.8 Å². The molecule has 1 aromatic rings. The Morgan fingerprint density at radius 1 is 1.22 bits per heavy atom. The molecule has 18 heavy (non-hydrogen) atoms. The number of rotatable bonds is 6. The molecule has 0 amide bonds. The van der Waals surface area contributed by atoms with E-state index in [1.165, 1.54) is 4.90 Å². The van der Waals surface area contributed by atoms with E-state index in [-0.39, 0.29) is 23.6 Å². The van der Waals surface area contributed by atoms with Crippen LogP contribution in [0.15, 0.2) is 29.2 Å². The number of benzene rings is 1. The Morgan fingerprint density at radius 3 is 2.33 bits per heavy atom. The molecule has 1 atom stereocenters. The Kier molecular flexibility index (Phi) is 6.38. The van der Waals surface area contributed by atoms with Crippen LogP contribution in [0, 0.1) is 0 Å². The molecule has 0 saturated carbocycles. The maximum atomic E-state index is 11.9. The highest BCUT2D eigenvalue weighted by Gasteiger charge is 2.27. The van der Waals surface area contributed by atoms with E-state index in [9.17, 15) is 13.2 Å². The molecule has 0 saturated heterocycles. The summed E-state index contributed by atoms with van der Waals surface area (Å²) in [7, 11) is 0. The smallest absolute Gasteiger partial charge is 0.309 e. The molecule has 102 valence electrons. The van der Waals surface area contributed by atoms with Gasteiger partial charge in [-0.25, -0.2) is 0 Å². The number of hydrogen-bond acceptors (Lipinski definition) is 3. The predicted octanol–water partition coefficient (Wildman–Crippen LogP) is 4.31. The quantitative estimate of drug-likeness (QED) is 0.620. The number of hydrogen-bond donors (Lipinski definition) is 1. The van der Waals surface area contributed by atoms with E-state index in [1.807, 2.05) is 37.4 Å². The fourth-order valence-corrected chi connectivity index (χ4v) is 2.31. The van der Waals surface area contributed by atoms with Gasteiger partial charge < -0.3 is 5.32 Å². The van der Waals surface area contributed by atoms with Crippen LogP contribution in [-0.4, -0.2) is 24.1 Å². The van der Waals surface area contributed by atoms with Crippen molar-refractivity contribution in [2.75, 3.05) is 18.6 Å². The van der Waals surface area contributed by atoms with Gasteiger partial charge in [0.2, 0.25) is 0 Å².